The Morgan fingerprint density at radius 3 is 2.50 bits per heavy atom. The van der Waals surface area contributed by atoms with Gasteiger partial charge in [-0.3, -0.25) is 9.89 Å². The lowest BCUT2D eigenvalue weighted by Crippen LogP contribution is -2.60. The Kier molecular flexibility index (Phi) is 6.81. The second-order valence-electron chi connectivity index (χ2n) is 7.31. The molecule has 1 saturated carbocycles. The number of nitrogens with zero attached hydrogens (tertiary/aromatic N) is 3. The van der Waals surface area contributed by atoms with E-state index in [-0.39, 0.29) is 12.3 Å². The molecule has 1 N–H and O–H groups in total. The quantitative estimate of drug-likeness (QED) is 0.574. The molecular weight excluding hydrogens is 369 g/mol. The van der Waals surface area contributed by atoms with Crippen LogP contribution in [0.4, 0.5) is 13.2 Å². The monoisotopic (exact) mass is 398 g/mol. The van der Waals surface area contributed by atoms with Crippen molar-refractivity contribution in [3.8, 4) is 0 Å². The summed E-state index contributed by atoms with van der Waals surface area (Å²) in [7, 11) is -0.104. The zero-order chi connectivity index (χ0) is 19.4. The first-order chi connectivity index (χ1) is 12.1. The second-order valence-corrected chi connectivity index (χ2v) is 9.81. The summed E-state index contributed by atoms with van der Waals surface area (Å²) in [4.78, 5) is 7.34. The van der Waals surface area contributed by atoms with Gasteiger partial charge in [0.05, 0.1) is 17.0 Å². The van der Waals surface area contributed by atoms with Gasteiger partial charge in [-0.05, 0) is 19.9 Å². The standard InChI is InChI=1S/C16H29F3N4O2S/c1-20-14(21-8-9-22(2)13-16(17,18)19)23-10-11-26(24,25)15(12-23)6-4-3-5-7-15/h3-13H2,1-2H3,(H,20,21). The van der Waals surface area contributed by atoms with E-state index in [1.807, 2.05) is 4.90 Å². The minimum absolute atomic E-state index is 0.0989. The largest absolute Gasteiger partial charge is 0.401 e. The topological polar surface area (TPSA) is 65.0 Å². The third-order valence-electron chi connectivity index (χ3n) is 5.27. The summed E-state index contributed by atoms with van der Waals surface area (Å²) in [6.07, 6.45) is 0.0395. The van der Waals surface area contributed by atoms with E-state index in [0.717, 1.165) is 19.3 Å². The second kappa shape index (κ2) is 8.33. The maximum atomic E-state index is 12.7. The van der Waals surface area contributed by atoms with E-state index < -0.39 is 27.3 Å². The summed E-state index contributed by atoms with van der Waals surface area (Å²) < 4.78 is 61.7. The summed E-state index contributed by atoms with van der Waals surface area (Å²) in [6, 6.07) is 0. The van der Waals surface area contributed by atoms with Crippen LogP contribution in [0.15, 0.2) is 4.99 Å². The van der Waals surface area contributed by atoms with Gasteiger partial charge < -0.3 is 10.2 Å². The molecule has 26 heavy (non-hydrogen) atoms. The van der Waals surface area contributed by atoms with Crippen LogP contribution in [-0.4, -0.2) is 87.7 Å². The zero-order valence-corrected chi connectivity index (χ0v) is 16.3. The first kappa shape index (κ1) is 21.3. The number of sulfone groups is 1. The van der Waals surface area contributed by atoms with Gasteiger partial charge in [-0.1, -0.05) is 19.3 Å². The lowest BCUT2D eigenvalue weighted by atomic mass is 9.87. The van der Waals surface area contributed by atoms with Gasteiger partial charge in [0.1, 0.15) is 0 Å². The molecular formula is C16H29F3N4O2S. The van der Waals surface area contributed by atoms with Crippen molar-refractivity contribution in [1.82, 2.24) is 15.1 Å². The van der Waals surface area contributed by atoms with E-state index in [1.165, 1.54) is 11.9 Å². The maximum absolute atomic E-state index is 12.7. The maximum Gasteiger partial charge on any atom is 0.401 e. The van der Waals surface area contributed by atoms with Gasteiger partial charge in [-0.15, -0.1) is 0 Å². The molecule has 1 aliphatic heterocycles. The van der Waals surface area contributed by atoms with E-state index in [9.17, 15) is 21.6 Å². The molecule has 0 aromatic heterocycles. The molecule has 1 aliphatic carbocycles. The molecule has 0 aromatic rings. The lowest BCUT2D eigenvalue weighted by molar-refractivity contribution is -0.142. The lowest BCUT2D eigenvalue weighted by Gasteiger charge is -2.45. The highest BCUT2D eigenvalue weighted by molar-refractivity contribution is 7.92. The van der Waals surface area contributed by atoms with Gasteiger partial charge in [0.2, 0.25) is 0 Å². The highest BCUT2D eigenvalue weighted by atomic mass is 32.2. The van der Waals surface area contributed by atoms with Crippen molar-refractivity contribution in [1.29, 1.82) is 0 Å². The van der Waals surface area contributed by atoms with Gasteiger partial charge in [0, 0.05) is 33.2 Å². The molecule has 0 amide bonds. The molecule has 0 unspecified atom stereocenters. The van der Waals surface area contributed by atoms with E-state index in [2.05, 4.69) is 10.3 Å². The Morgan fingerprint density at radius 2 is 1.92 bits per heavy atom. The molecule has 2 rings (SSSR count). The summed E-state index contributed by atoms with van der Waals surface area (Å²) >= 11 is 0. The number of aliphatic imine (C=N–C) groups is 1. The predicted octanol–water partition coefficient (Wildman–Crippen LogP) is 1.49. The van der Waals surface area contributed by atoms with Crippen molar-refractivity contribution in [2.75, 3.05) is 52.6 Å². The smallest absolute Gasteiger partial charge is 0.355 e. The number of likely N-dealkylation sites (N-methyl/N-ethyl adjacent to an activating group) is 1. The normalized spacial score (nSPS) is 23.5. The summed E-state index contributed by atoms with van der Waals surface area (Å²) in [5, 5.41) is 3.08. The van der Waals surface area contributed by atoms with Gasteiger partial charge in [-0.25, -0.2) is 8.42 Å². The Morgan fingerprint density at radius 1 is 1.27 bits per heavy atom. The van der Waals surface area contributed by atoms with Gasteiger partial charge >= 0.3 is 6.18 Å². The van der Waals surface area contributed by atoms with E-state index >= 15 is 0 Å². The van der Waals surface area contributed by atoms with E-state index in [0.29, 0.717) is 38.4 Å². The number of rotatable bonds is 4. The van der Waals surface area contributed by atoms with Crippen LogP contribution in [0.1, 0.15) is 32.1 Å². The van der Waals surface area contributed by atoms with Crippen LogP contribution in [0.3, 0.4) is 0 Å². The van der Waals surface area contributed by atoms with Crippen molar-refractivity contribution in [3.63, 3.8) is 0 Å². The Labute approximate surface area is 153 Å². The van der Waals surface area contributed by atoms with Crippen LogP contribution in [0.2, 0.25) is 0 Å². The molecule has 1 saturated heterocycles. The first-order valence-corrected chi connectivity index (χ1v) is 10.7. The van der Waals surface area contributed by atoms with Crippen LogP contribution in [0.25, 0.3) is 0 Å². The molecule has 10 heteroatoms. The molecule has 0 aromatic carbocycles. The van der Waals surface area contributed by atoms with E-state index in [4.69, 9.17) is 0 Å². The van der Waals surface area contributed by atoms with Crippen molar-refractivity contribution >= 4 is 15.8 Å². The molecule has 0 atom stereocenters. The van der Waals surface area contributed by atoms with Gasteiger partial charge in [0.25, 0.3) is 0 Å². The first-order valence-electron chi connectivity index (χ1n) is 9.02. The Balaban J connectivity index is 1.94. The molecule has 2 aliphatic rings. The van der Waals surface area contributed by atoms with Crippen LogP contribution in [-0.2, 0) is 9.84 Å². The minimum Gasteiger partial charge on any atom is -0.355 e. The molecule has 152 valence electrons. The molecule has 2 fully saturated rings. The van der Waals surface area contributed by atoms with Crippen molar-refractivity contribution in [3.05, 3.63) is 0 Å². The van der Waals surface area contributed by atoms with Crippen LogP contribution >= 0.6 is 0 Å². The van der Waals surface area contributed by atoms with Crippen LogP contribution in [0, 0.1) is 0 Å². The molecule has 1 heterocycles. The van der Waals surface area contributed by atoms with E-state index in [1.54, 1.807) is 7.05 Å². The number of halogens is 3. The fraction of sp³-hybridized carbons (Fsp3) is 0.938. The number of nitrogens with one attached hydrogen (secondary N) is 1. The molecule has 0 radical (unpaired) electrons. The summed E-state index contributed by atoms with van der Waals surface area (Å²) in [5.74, 6) is 0.659. The number of hydrogen-bond donors (Lipinski definition) is 1. The van der Waals surface area contributed by atoms with Gasteiger partial charge in [0.15, 0.2) is 15.8 Å². The summed E-state index contributed by atoms with van der Waals surface area (Å²) in [5.41, 5.74) is 0. The number of guanidine groups is 1. The highest BCUT2D eigenvalue weighted by Crippen LogP contribution is 2.38. The highest BCUT2D eigenvalue weighted by Gasteiger charge is 2.48. The fourth-order valence-electron chi connectivity index (χ4n) is 3.89. The third kappa shape index (κ3) is 5.25. The SMILES string of the molecule is CN=C(NCCN(C)CC(F)(F)F)N1CCS(=O)(=O)C2(CCCCC2)C1. The summed E-state index contributed by atoms with van der Waals surface area (Å²) in [6.45, 7) is 0.346. The average molecular weight is 398 g/mol. The fourth-order valence-corrected chi connectivity index (χ4v) is 6.05. The third-order valence-corrected chi connectivity index (χ3v) is 7.85. The molecule has 0 bridgehead atoms. The number of alkyl halides is 3. The zero-order valence-electron chi connectivity index (χ0n) is 15.5. The minimum atomic E-state index is -4.22. The van der Waals surface area contributed by atoms with Crippen LogP contribution < -0.4 is 5.32 Å². The Hall–Kier alpha value is -1.03. The van der Waals surface area contributed by atoms with Crippen LogP contribution in [0.5, 0.6) is 0 Å². The average Bonchev–Trinajstić information content (AvgIpc) is 2.54. The van der Waals surface area contributed by atoms with Crippen molar-refractivity contribution < 1.29 is 21.6 Å². The van der Waals surface area contributed by atoms with Crippen molar-refractivity contribution in [2.24, 2.45) is 4.99 Å². The van der Waals surface area contributed by atoms with Crippen molar-refractivity contribution in [2.45, 2.75) is 43.0 Å². The molecule has 1 spiro atoms. The Bertz CT molecular complexity index is 601. The molecule has 6 nitrogen and oxygen atoms in total. The predicted molar refractivity (Wildman–Crippen MR) is 96.1 cm³/mol. The van der Waals surface area contributed by atoms with Gasteiger partial charge in [-0.2, -0.15) is 13.2 Å². The number of hydrogen-bond acceptors (Lipinski definition) is 4.